The van der Waals surface area contributed by atoms with Gasteiger partial charge in [-0.1, -0.05) is 13.0 Å². The summed E-state index contributed by atoms with van der Waals surface area (Å²) in [6.07, 6.45) is 4.54. The second-order valence-corrected chi connectivity index (χ2v) is 10.9. The van der Waals surface area contributed by atoms with Crippen molar-refractivity contribution in [2.45, 2.75) is 31.3 Å². The van der Waals surface area contributed by atoms with E-state index in [4.69, 9.17) is 4.74 Å². The maximum absolute atomic E-state index is 14.4. The minimum Gasteiger partial charge on any atom is -0.505 e. The molecule has 35 heavy (non-hydrogen) atoms. The number of nitrogens with one attached hydrogen (secondary N) is 1. The number of methoxy groups -OCH3 is 1. The van der Waals surface area contributed by atoms with E-state index in [1.807, 2.05) is 11.0 Å². The monoisotopic (exact) mass is 497 g/mol. The number of amides is 1. The van der Waals surface area contributed by atoms with Gasteiger partial charge in [0.05, 0.1) is 24.0 Å². The summed E-state index contributed by atoms with van der Waals surface area (Å²) in [5.74, 6) is -0.278. The number of likely N-dealkylation sites (tertiary alicyclic amines) is 1. The summed E-state index contributed by atoms with van der Waals surface area (Å²) in [4.78, 5) is 26.2. The van der Waals surface area contributed by atoms with Gasteiger partial charge in [-0.2, -0.15) is 0 Å². The Kier molecular flexibility index (Phi) is 6.47. The van der Waals surface area contributed by atoms with E-state index in [1.54, 1.807) is 19.2 Å². The second kappa shape index (κ2) is 9.55. The third kappa shape index (κ3) is 4.50. The van der Waals surface area contributed by atoms with Crippen LogP contribution < -0.4 is 15.0 Å². The van der Waals surface area contributed by atoms with Crippen molar-refractivity contribution in [1.82, 2.24) is 14.9 Å². The molecule has 0 bridgehead atoms. The van der Waals surface area contributed by atoms with Gasteiger partial charge in [0.15, 0.2) is 11.6 Å². The lowest BCUT2D eigenvalue weighted by atomic mass is 9.94. The molecule has 1 spiro atoms. The number of hydrogen-bond donors (Lipinski definition) is 2. The molecule has 8 nitrogen and oxygen atoms in total. The summed E-state index contributed by atoms with van der Waals surface area (Å²) < 4.78 is 20.1. The van der Waals surface area contributed by atoms with Crippen molar-refractivity contribution in [2.24, 2.45) is 0 Å². The Balaban J connectivity index is 1.49. The van der Waals surface area contributed by atoms with Crippen LogP contribution in [0.5, 0.6) is 11.5 Å². The first kappa shape index (κ1) is 23.7. The fourth-order valence-corrected chi connectivity index (χ4v) is 6.50. The Hall–Kier alpha value is -3.03. The Morgan fingerprint density at radius 1 is 1.26 bits per heavy atom. The largest absolute Gasteiger partial charge is 0.505 e. The van der Waals surface area contributed by atoms with Crippen LogP contribution in [0.15, 0.2) is 36.7 Å². The third-order valence-electron chi connectivity index (χ3n) is 6.89. The molecule has 1 amide bonds. The third-order valence-corrected chi connectivity index (χ3v) is 8.56. The van der Waals surface area contributed by atoms with Gasteiger partial charge in [0.2, 0.25) is 5.65 Å². The molecule has 5 rings (SSSR count). The van der Waals surface area contributed by atoms with Crippen molar-refractivity contribution in [3.63, 3.8) is 0 Å². The highest BCUT2D eigenvalue weighted by molar-refractivity contribution is 7.60. The molecule has 3 aromatic rings. The predicted molar refractivity (Wildman–Crippen MR) is 137 cm³/mol. The first-order valence-electron chi connectivity index (χ1n) is 11.8. The molecule has 1 unspecified atom stereocenters. The van der Waals surface area contributed by atoms with E-state index in [-0.39, 0.29) is 25.1 Å². The smallest absolute Gasteiger partial charge is 0.245 e. The number of halogens is 1. The number of aromatic nitrogens is 2. The Bertz CT molecular complexity index is 1270. The number of phenols is 1. The highest BCUT2D eigenvalue weighted by atomic mass is 31.1. The van der Waals surface area contributed by atoms with Gasteiger partial charge in [0.1, 0.15) is 17.9 Å². The Morgan fingerprint density at radius 2 is 2.06 bits per heavy atom. The van der Waals surface area contributed by atoms with Crippen LogP contribution in [0.1, 0.15) is 26.2 Å². The highest BCUT2D eigenvalue weighted by Crippen LogP contribution is 2.51. The SMILES string of the molecule is CCCN1CCC2(CC1)CN(c1cc3c(Nc4cccc(O)c4F)ncnc3cc1OC)C(=O)P2. The Morgan fingerprint density at radius 3 is 2.80 bits per heavy atom. The average Bonchev–Trinajstić information content (AvgIpc) is 3.18. The minimum atomic E-state index is -0.764. The lowest BCUT2D eigenvalue weighted by Crippen LogP contribution is -2.44. The van der Waals surface area contributed by atoms with E-state index in [0.29, 0.717) is 34.7 Å². The number of phenolic OH excluding ortho intramolecular Hbond substituents is 1. The zero-order valence-electron chi connectivity index (χ0n) is 19.8. The predicted octanol–water partition coefficient (Wildman–Crippen LogP) is 5.09. The Labute approximate surface area is 205 Å². The van der Waals surface area contributed by atoms with E-state index in [2.05, 4.69) is 27.1 Å². The average molecular weight is 498 g/mol. The van der Waals surface area contributed by atoms with Crippen LogP contribution in [0.4, 0.5) is 26.4 Å². The number of benzene rings is 2. The normalized spacial score (nSPS) is 18.6. The summed E-state index contributed by atoms with van der Waals surface area (Å²) in [5, 5.41) is 13.3. The van der Waals surface area contributed by atoms with Crippen LogP contribution in [0.2, 0.25) is 0 Å². The van der Waals surface area contributed by atoms with Crippen LogP contribution in [0.3, 0.4) is 0 Å². The minimum absolute atomic E-state index is 0.000253. The number of piperidine rings is 1. The summed E-state index contributed by atoms with van der Waals surface area (Å²) in [6, 6.07) is 7.97. The lowest BCUT2D eigenvalue weighted by Gasteiger charge is -2.38. The summed E-state index contributed by atoms with van der Waals surface area (Å²) >= 11 is 0. The van der Waals surface area contributed by atoms with Crippen molar-refractivity contribution in [3.05, 3.63) is 42.5 Å². The molecule has 10 heteroatoms. The highest BCUT2D eigenvalue weighted by Gasteiger charge is 2.46. The molecule has 2 aliphatic heterocycles. The standard InChI is InChI=1S/C25H29FN5O3P/c1-3-9-30-10-7-25(8-11-30)14-31(24(33)35-25)19-12-16-18(13-21(19)34-2)27-15-28-23(16)29-17-5-4-6-20(32)22(17)26/h4-6,12-13,15,32,35H,3,7-11,14H2,1-2H3,(H,27,28,29). The van der Waals surface area contributed by atoms with Gasteiger partial charge in [-0.25, -0.2) is 14.4 Å². The molecule has 0 radical (unpaired) electrons. The molecule has 1 atom stereocenters. The van der Waals surface area contributed by atoms with Crippen LogP contribution in [-0.2, 0) is 0 Å². The first-order valence-corrected chi connectivity index (χ1v) is 12.8. The second-order valence-electron chi connectivity index (χ2n) is 9.17. The summed E-state index contributed by atoms with van der Waals surface area (Å²) in [5.41, 5.74) is 1.47. The van der Waals surface area contributed by atoms with E-state index in [0.717, 1.165) is 38.9 Å². The molecule has 3 heterocycles. The van der Waals surface area contributed by atoms with Gasteiger partial charge in [-0.05, 0) is 65.7 Å². The maximum atomic E-state index is 14.4. The van der Waals surface area contributed by atoms with Crippen molar-refractivity contribution in [2.75, 3.05) is 43.5 Å². The molecule has 2 aliphatic rings. The van der Waals surface area contributed by atoms with Gasteiger partial charge in [-0.15, -0.1) is 0 Å². The maximum Gasteiger partial charge on any atom is 0.245 e. The zero-order valence-corrected chi connectivity index (χ0v) is 20.8. The van der Waals surface area contributed by atoms with Crippen molar-refractivity contribution >= 4 is 42.3 Å². The molecule has 2 N–H and O–H groups in total. The number of hydrogen-bond acceptors (Lipinski definition) is 7. The molecule has 0 aliphatic carbocycles. The fraction of sp³-hybridized carbons (Fsp3) is 0.400. The van der Waals surface area contributed by atoms with Crippen LogP contribution in [0, 0.1) is 5.82 Å². The topological polar surface area (TPSA) is 90.8 Å². The number of aromatic hydroxyl groups is 1. The number of fused-ring (bicyclic) bond motifs is 1. The number of nitrogens with zero attached hydrogens (tertiary/aromatic N) is 4. The molecule has 2 saturated heterocycles. The van der Waals surface area contributed by atoms with Gasteiger partial charge in [0.25, 0.3) is 0 Å². The quantitative estimate of drug-likeness (QED) is 0.459. The number of carbonyl (C=O) groups is 1. The van der Waals surface area contributed by atoms with Gasteiger partial charge in [0, 0.05) is 23.2 Å². The van der Waals surface area contributed by atoms with Crippen LogP contribution >= 0.6 is 8.58 Å². The van der Waals surface area contributed by atoms with Gasteiger partial charge < -0.3 is 25.0 Å². The van der Waals surface area contributed by atoms with E-state index in [9.17, 15) is 14.3 Å². The molecule has 0 saturated carbocycles. The van der Waals surface area contributed by atoms with E-state index >= 15 is 0 Å². The van der Waals surface area contributed by atoms with Crippen LogP contribution in [0.25, 0.3) is 10.9 Å². The number of rotatable bonds is 6. The number of anilines is 3. The fourth-order valence-electron chi connectivity index (χ4n) is 5.00. The molecule has 2 aromatic carbocycles. The first-order chi connectivity index (χ1) is 16.9. The van der Waals surface area contributed by atoms with Gasteiger partial charge >= 0.3 is 0 Å². The zero-order chi connectivity index (χ0) is 24.6. The summed E-state index contributed by atoms with van der Waals surface area (Å²) in [7, 11) is 1.81. The van der Waals surface area contributed by atoms with Crippen LogP contribution in [-0.4, -0.2) is 64.1 Å². The van der Waals surface area contributed by atoms with Crippen molar-refractivity contribution in [3.8, 4) is 11.5 Å². The van der Waals surface area contributed by atoms with Crippen molar-refractivity contribution in [1.29, 1.82) is 0 Å². The number of carbonyl (C=O) groups excluding carboxylic acids is 1. The summed E-state index contributed by atoms with van der Waals surface area (Å²) in [6.45, 7) is 6.00. The lowest BCUT2D eigenvalue weighted by molar-refractivity contribution is 0.203. The molecule has 2 fully saturated rings. The van der Waals surface area contributed by atoms with E-state index in [1.165, 1.54) is 18.5 Å². The molecular weight excluding hydrogens is 468 g/mol. The van der Waals surface area contributed by atoms with Crippen molar-refractivity contribution < 1.29 is 19.0 Å². The van der Waals surface area contributed by atoms with Gasteiger partial charge in [-0.3, -0.25) is 4.79 Å². The molecular formula is C25H29FN5O3P. The number of ether oxygens (including phenoxy) is 1. The molecule has 184 valence electrons. The molecule has 1 aromatic heterocycles. The van der Waals surface area contributed by atoms with E-state index < -0.39 is 11.6 Å².